The van der Waals surface area contributed by atoms with Crippen molar-refractivity contribution in [2.45, 2.75) is 44.6 Å². The van der Waals surface area contributed by atoms with Crippen LogP contribution in [0.15, 0.2) is 24.3 Å². The molecule has 5 nitrogen and oxygen atoms in total. The highest BCUT2D eigenvalue weighted by atomic mass is 16.2. The molecular weight excluding hydrogens is 302 g/mol. The van der Waals surface area contributed by atoms with Gasteiger partial charge >= 0.3 is 0 Å². The van der Waals surface area contributed by atoms with E-state index in [0.29, 0.717) is 24.3 Å². The Hall–Kier alpha value is -2.04. The van der Waals surface area contributed by atoms with E-state index in [1.54, 1.807) is 0 Å². The molecule has 3 aliphatic rings. The molecule has 3 fully saturated rings. The lowest BCUT2D eigenvalue weighted by atomic mass is 10.1. The van der Waals surface area contributed by atoms with Crippen LogP contribution in [0.25, 0.3) is 0 Å². The SMILES string of the molecule is O=C(CNc1ccccc1N1CCCC1=O)NC(C1CC1)C1CC1. The van der Waals surface area contributed by atoms with Crippen molar-refractivity contribution >= 4 is 23.2 Å². The zero-order valence-corrected chi connectivity index (χ0v) is 14.0. The smallest absolute Gasteiger partial charge is 0.239 e. The van der Waals surface area contributed by atoms with Gasteiger partial charge in [-0.1, -0.05) is 12.1 Å². The second-order valence-electron chi connectivity index (χ2n) is 7.29. The Morgan fingerprint density at radius 1 is 1.17 bits per heavy atom. The van der Waals surface area contributed by atoms with E-state index in [1.165, 1.54) is 25.7 Å². The number of carbonyl (C=O) groups excluding carboxylic acids is 2. The Bertz CT molecular complexity index is 625. The highest BCUT2D eigenvalue weighted by Gasteiger charge is 2.42. The predicted molar refractivity (Wildman–Crippen MR) is 93.9 cm³/mol. The number of para-hydroxylation sites is 2. The lowest BCUT2D eigenvalue weighted by molar-refractivity contribution is -0.120. The van der Waals surface area contributed by atoms with Crippen LogP contribution in [0, 0.1) is 11.8 Å². The number of anilines is 2. The average Bonchev–Trinajstić information content (AvgIpc) is 3.50. The zero-order chi connectivity index (χ0) is 16.5. The predicted octanol–water partition coefficient (Wildman–Crippen LogP) is 2.53. The maximum Gasteiger partial charge on any atom is 0.239 e. The summed E-state index contributed by atoms with van der Waals surface area (Å²) in [4.78, 5) is 26.1. The monoisotopic (exact) mass is 327 g/mol. The minimum absolute atomic E-state index is 0.0568. The fourth-order valence-electron chi connectivity index (χ4n) is 3.71. The van der Waals surface area contributed by atoms with Crippen LogP contribution in [0.4, 0.5) is 11.4 Å². The molecule has 0 atom stereocenters. The van der Waals surface area contributed by atoms with Gasteiger partial charge < -0.3 is 15.5 Å². The van der Waals surface area contributed by atoms with Crippen LogP contribution in [0.1, 0.15) is 38.5 Å². The quantitative estimate of drug-likeness (QED) is 0.809. The third kappa shape index (κ3) is 3.40. The number of nitrogens with one attached hydrogen (secondary N) is 2. The maximum absolute atomic E-state index is 12.3. The van der Waals surface area contributed by atoms with Gasteiger partial charge in [0.05, 0.1) is 17.9 Å². The maximum atomic E-state index is 12.3. The van der Waals surface area contributed by atoms with Crippen molar-refractivity contribution in [1.82, 2.24) is 5.32 Å². The summed E-state index contributed by atoms with van der Waals surface area (Å²) in [5.41, 5.74) is 1.74. The molecule has 5 heteroatoms. The first-order chi connectivity index (χ1) is 11.7. The molecule has 128 valence electrons. The Balaban J connectivity index is 1.37. The van der Waals surface area contributed by atoms with Crippen LogP contribution >= 0.6 is 0 Å². The second-order valence-corrected chi connectivity index (χ2v) is 7.29. The van der Waals surface area contributed by atoms with E-state index in [4.69, 9.17) is 0 Å². The number of hydrogen-bond donors (Lipinski definition) is 2. The Kier molecular flexibility index (Phi) is 4.17. The summed E-state index contributed by atoms with van der Waals surface area (Å²) in [6.45, 7) is 1.02. The number of hydrogen-bond acceptors (Lipinski definition) is 3. The lowest BCUT2D eigenvalue weighted by Gasteiger charge is -2.21. The van der Waals surface area contributed by atoms with Gasteiger partial charge in [0.2, 0.25) is 11.8 Å². The standard InChI is InChI=1S/C19H25N3O2/c23-17(21-19(13-7-8-13)14-9-10-14)12-20-15-4-1-2-5-16(15)22-11-3-6-18(22)24/h1-2,4-5,13-14,19-20H,3,6-12H2,(H,21,23). The van der Waals surface area contributed by atoms with Crippen molar-refractivity contribution in [2.75, 3.05) is 23.3 Å². The molecule has 1 heterocycles. The molecule has 0 unspecified atom stereocenters. The van der Waals surface area contributed by atoms with Crippen LogP contribution < -0.4 is 15.5 Å². The van der Waals surface area contributed by atoms with Crippen LogP contribution in [0.5, 0.6) is 0 Å². The molecule has 0 aromatic heterocycles. The minimum atomic E-state index is 0.0568. The fraction of sp³-hybridized carbons (Fsp3) is 0.579. The highest BCUT2D eigenvalue weighted by Crippen LogP contribution is 2.44. The average molecular weight is 327 g/mol. The van der Waals surface area contributed by atoms with Gasteiger partial charge in [0.25, 0.3) is 0 Å². The molecule has 1 saturated heterocycles. The number of amides is 2. The van der Waals surface area contributed by atoms with Gasteiger partial charge in [-0.3, -0.25) is 9.59 Å². The number of benzene rings is 1. The van der Waals surface area contributed by atoms with E-state index in [0.717, 1.165) is 24.3 Å². The zero-order valence-electron chi connectivity index (χ0n) is 14.0. The second kappa shape index (κ2) is 6.46. The van der Waals surface area contributed by atoms with Crippen molar-refractivity contribution in [3.8, 4) is 0 Å². The molecule has 1 aliphatic heterocycles. The molecule has 2 amide bonds. The molecular formula is C19H25N3O2. The summed E-state index contributed by atoms with van der Waals surface area (Å²) in [5.74, 6) is 1.63. The number of nitrogens with zero attached hydrogens (tertiary/aromatic N) is 1. The molecule has 1 aromatic carbocycles. The Morgan fingerprint density at radius 3 is 2.50 bits per heavy atom. The molecule has 0 radical (unpaired) electrons. The molecule has 0 spiro atoms. The van der Waals surface area contributed by atoms with Gasteiger partial charge in [-0.2, -0.15) is 0 Å². The summed E-state index contributed by atoms with van der Waals surface area (Å²) in [6.07, 6.45) is 6.55. The Labute approximate surface area is 142 Å². The fourth-order valence-corrected chi connectivity index (χ4v) is 3.71. The van der Waals surface area contributed by atoms with Gasteiger partial charge in [0, 0.05) is 19.0 Å². The first-order valence-electron chi connectivity index (χ1n) is 9.15. The number of rotatable bonds is 7. The van der Waals surface area contributed by atoms with Gasteiger partial charge in [-0.05, 0) is 56.1 Å². The molecule has 1 aromatic rings. The van der Waals surface area contributed by atoms with E-state index >= 15 is 0 Å². The van der Waals surface area contributed by atoms with Gasteiger partial charge in [0.15, 0.2) is 0 Å². The number of carbonyl (C=O) groups is 2. The summed E-state index contributed by atoms with van der Waals surface area (Å²) in [7, 11) is 0. The van der Waals surface area contributed by atoms with E-state index in [9.17, 15) is 9.59 Å². The van der Waals surface area contributed by atoms with E-state index in [2.05, 4.69) is 10.6 Å². The van der Waals surface area contributed by atoms with Gasteiger partial charge in [-0.15, -0.1) is 0 Å². The van der Waals surface area contributed by atoms with Crippen molar-refractivity contribution in [3.63, 3.8) is 0 Å². The van der Waals surface area contributed by atoms with Crippen LogP contribution in [-0.2, 0) is 9.59 Å². The molecule has 24 heavy (non-hydrogen) atoms. The van der Waals surface area contributed by atoms with Crippen LogP contribution in [0.2, 0.25) is 0 Å². The van der Waals surface area contributed by atoms with Crippen molar-refractivity contribution in [3.05, 3.63) is 24.3 Å². The molecule has 2 N–H and O–H groups in total. The molecule has 2 saturated carbocycles. The first kappa shape index (κ1) is 15.5. The van der Waals surface area contributed by atoms with Crippen LogP contribution in [0.3, 0.4) is 0 Å². The largest absolute Gasteiger partial charge is 0.374 e. The summed E-state index contributed by atoms with van der Waals surface area (Å²) >= 11 is 0. The van der Waals surface area contributed by atoms with E-state index in [-0.39, 0.29) is 18.4 Å². The highest BCUT2D eigenvalue weighted by molar-refractivity contribution is 5.98. The minimum Gasteiger partial charge on any atom is -0.374 e. The first-order valence-corrected chi connectivity index (χ1v) is 9.15. The van der Waals surface area contributed by atoms with Crippen molar-refractivity contribution < 1.29 is 9.59 Å². The normalized spacial score (nSPS) is 20.5. The third-order valence-electron chi connectivity index (χ3n) is 5.30. The molecule has 2 aliphatic carbocycles. The Morgan fingerprint density at radius 2 is 1.88 bits per heavy atom. The topological polar surface area (TPSA) is 61.4 Å². The summed E-state index contributed by atoms with van der Waals surface area (Å²) < 4.78 is 0. The third-order valence-corrected chi connectivity index (χ3v) is 5.30. The van der Waals surface area contributed by atoms with E-state index < -0.39 is 0 Å². The summed E-state index contributed by atoms with van der Waals surface area (Å²) in [5, 5.41) is 6.46. The van der Waals surface area contributed by atoms with Gasteiger partial charge in [0.1, 0.15) is 0 Å². The van der Waals surface area contributed by atoms with Gasteiger partial charge in [-0.25, -0.2) is 0 Å². The lowest BCUT2D eigenvalue weighted by Crippen LogP contribution is -2.41. The van der Waals surface area contributed by atoms with Crippen molar-refractivity contribution in [2.24, 2.45) is 11.8 Å². The molecule has 0 bridgehead atoms. The van der Waals surface area contributed by atoms with Crippen LogP contribution in [-0.4, -0.2) is 30.9 Å². The van der Waals surface area contributed by atoms with Crippen molar-refractivity contribution in [1.29, 1.82) is 0 Å². The van der Waals surface area contributed by atoms with E-state index in [1.807, 2.05) is 29.2 Å². The molecule has 4 rings (SSSR count). The summed E-state index contributed by atoms with van der Waals surface area (Å²) in [6, 6.07) is 8.13.